The fourth-order valence-corrected chi connectivity index (χ4v) is 5.41. The first kappa shape index (κ1) is 26.9. The number of anilines is 1. The van der Waals surface area contributed by atoms with Gasteiger partial charge in [-0.1, -0.05) is 6.07 Å². The van der Waals surface area contributed by atoms with Crippen molar-refractivity contribution < 1.29 is 45.1 Å². The van der Waals surface area contributed by atoms with Crippen LogP contribution in [0.5, 0.6) is 0 Å². The Bertz CT molecular complexity index is 1170. The Morgan fingerprint density at radius 1 is 0.971 bits per heavy atom. The standard InChI is InChI=1S/C22H21F7N2O3S/c1-19(2)14-13(16(32)30-9-8-21(24,25)26)18(35-15(14)20(3,4)34-19)31-17(33)12-10(22(27,28)29)6-5-7-11(12)23/h5-7H,8-9H2,1-4H3,(H,30,32)(H,31,33). The Kier molecular flexibility index (Phi) is 6.75. The molecule has 13 heteroatoms. The largest absolute Gasteiger partial charge is 0.417 e. The van der Waals surface area contributed by atoms with E-state index < -0.39 is 65.3 Å². The topological polar surface area (TPSA) is 67.4 Å². The van der Waals surface area contributed by atoms with Crippen LogP contribution in [0, 0.1) is 5.82 Å². The molecule has 3 rings (SSSR count). The van der Waals surface area contributed by atoms with Crippen LogP contribution in [0.25, 0.3) is 0 Å². The van der Waals surface area contributed by atoms with Gasteiger partial charge in [-0.3, -0.25) is 9.59 Å². The van der Waals surface area contributed by atoms with Crippen molar-refractivity contribution in [3.63, 3.8) is 0 Å². The molecule has 2 heterocycles. The summed E-state index contributed by atoms with van der Waals surface area (Å²) >= 11 is 0.824. The molecule has 0 saturated carbocycles. The van der Waals surface area contributed by atoms with Gasteiger partial charge < -0.3 is 15.4 Å². The van der Waals surface area contributed by atoms with Crippen molar-refractivity contribution in [2.45, 2.75) is 57.7 Å². The van der Waals surface area contributed by atoms with E-state index >= 15 is 0 Å². The number of ether oxygens (including phenoxy) is 1. The van der Waals surface area contributed by atoms with E-state index in [4.69, 9.17) is 4.74 Å². The average molecular weight is 526 g/mol. The molecule has 0 radical (unpaired) electrons. The summed E-state index contributed by atoms with van der Waals surface area (Å²) in [5, 5.41) is 4.07. The molecule has 0 atom stereocenters. The number of benzene rings is 1. The predicted octanol–water partition coefficient (Wildman–Crippen LogP) is 6.34. The van der Waals surface area contributed by atoms with E-state index in [1.165, 1.54) is 0 Å². The predicted molar refractivity (Wildman–Crippen MR) is 114 cm³/mol. The Labute approximate surface area is 199 Å². The van der Waals surface area contributed by atoms with Crippen molar-refractivity contribution >= 4 is 28.2 Å². The molecule has 1 aliphatic rings. The molecule has 0 unspecified atom stereocenters. The molecule has 2 N–H and O–H groups in total. The molecule has 0 aliphatic carbocycles. The smallest absolute Gasteiger partial charge is 0.359 e. The van der Waals surface area contributed by atoms with E-state index in [1.54, 1.807) is 27.7 Å². The second kappa shape index (κ2) is 8.77. The SMILES string of the molecule is CC1(C)OC(C)(C)c2c1sc(NC(=O)c1c(F)cccc1C(F)(F)F)c2C(=O)NCCC(F)(F)F. The Morgan fingerprint density at radius 3 is 2.17 bits per heavy atom. The summed E-state index contributed by atoms with van der Waals surface area (Å²) in [6.45, 7) is 5.75. The van der Waals surface area contributed by atoms with E-state index in [2.05, 4.69) is 10.6 Å². The van der Waals surface area contributed by atoms with Crippen molar-refractivity contribution in [3.05, 3.63) is 51.1 Å². The maximum atomic E-state index is 14.3. The maximum absolute atomic E-state index is 14.3. The number of carbonyl (C=O) groups is 2. The van der Waals surface area contributed by atoms with Gasteiger partial charge >= 0.3 is 12.4 Å². The molecule has 192 valence electrons. The van der Waals surface area contributed by atoms with E-state index in [-0.39, 0.29) is 16.1 Å². The van der Waals surface area contributed by atoms with Gasteiger partial charge in [0.15, 0.2) is 0 Å². The molecule has 0 bridgehead atoms. The van der Waals surface area contributed by atoms with Crippen LogP contribution < -0.4 is 10.6 Å². The number of thiophene rings is 1. The second-order valence-corrected chi connectivity index (χ2v) is 9.89. The molecule has 35 heavy (non-hydrogen) atoms. The molecule has 0 saturated heterocycles. The zero-order valence-electron chi connectivity index (χ0n) is 18.9. The van der Waals surface area contributed by atoms with Gasteiger partial charge in [0.2, 0.25) is 0 Å². The van der Waals surface area contributed by atoms with Crippen LogP contribution >= 0.6 is 11.3 Å². The lowest BCUT2D eigenvalue weighted by atomic mass is 9.93. The minimum atomic E-state index is -5.04. The zero-order chi connectivity index (χ0) is 26.6. The summed E-state index contributed by atoms with van der Waals surface area (Å²) in [6, 6.07) is 2.02. The number of amides is 2. The fraction of sp³-hybridized carbons (Fsp3) is 0.455. The van der Waals surface area contributed by atoms with Gasteiger partial charge in [0.05, 0.1) is 34.3 Å². The van der Waals surface area contributed by atoms with Gasteiger partial charge in [-0.05, 0) is 39.8 Å². The maximum Gasteiger partial charge on any atom is 0.417 e. The summed E-state index contributed by atoms with van der Waals surface area (Å²) in [4.78, 5) is 26.2. The lowest BCUT2D eigenvalue weighted by Crippen LogP contribution is -2.31. The van der Waals surface area contributed by atoms with Crippen LogP contribution in [-0.4, -0.2) is 24.5 Å². The van der Waals surface area contributed by atoms with E-state index in [0.29, 0.717) is 17.0 Å². The molecule has 0 spiro atoms. The van der Waals surface area contributed by atoms with E-state index in [1.807, 2.05) is 0 Å². The Morgan fingerprint density at radius 2 is 1.60 bits per heavy atom. The third-order valence-electron chi connectivity index (χ3n) is 5.26. The van der Waals surface area contributed by atoms with Crippen LogP contribution in [-0.2, 0) is 22.1 Å². The minimum absolute atomic E-state index is 0.231. The number of fused-ring (bicyclic) bond motifs is 1. The summed E-state index contributed by atoms with van der Waals surface area (Å²) in [6.07, 6.45) is -10.9. The van der Waals surface area contributed by atoms with Crippen molar-refractivity contribution in [1.82, 2.24) is 5.32 Å². The summed E-state index contributed by atoms with van der Waals surface area (Å²) in [5.74, 6) is -3.88. The molecule has 2 amide bonds. The van der Waals surface area contributed by atoms with Crippen LogP contribution in [0.1, 0.15) is 70.8 Å². The number of nitrogens with one attached hydrogen (secondary N) is 2. The number of alkyl halides is 6. The van der Waals surface area contributed by atoms with Gasteiger partial charge in [0.25, 0.3) is 11.8 Å². The summed E-state index contributed by atoms with van der Waals surface area (Å²) < 4.78 is 98.1. The first-order valence-corrected chi connectivity index (χ1v) is 11.1. The van der Waals surface area contributed by atoms with Crippen molar-refractivity contribution in [2.75, 3.05) is 11.9 Å². The Balaban J connectivity index is 2.07. The highest BCUT2D eigenvalue weighted by atomic mass is 32.1. The summed E-state index contributed by atoms with van der Waals surface area (Å²) in [5.41, 5.74) is -4.86. The normalized spacial score (nSPS) is 16.7. The number of hydrogen-bond acceptors (Lipinski definition) is 4. The Hall–Kier alpha value is -2.67. The molecular formula is C22H21F7N2O3S. The highest BCUT2D eigenvalue weighted by Gasteiger charge is 2.49. The highest BCUT2D eigenvalue weighted by molar-refractivity contribution is 7.17. The zero-order valence-corrected chi connectivity index (χ0v) is 19.7. The number of rotatable bonds is 5. The minimum Gasteiger partial charge on any atom is -0.359 e. The molecular weight excluding hydrogens is 505 g/mol. The van der Waals surface area contributed by atoms with E-state index in [9.17, 15) is 40.3 Å². The molecule has 1 aromatic heterocycles. The molecule has 0 fully saturated rings. The average Bonchev–Trinajstić information content (AvgIpc) is 3.13. The highest BCUT2D eigenvalue weighted by Crippen LogP contribution is 2.54. The van der Waals surface area contributed by atoms with Crippen LogP contribution in [0.2, 0.25) is 0 Å². The third kappa shape index (κ3) is 5.45. The molecule has 5 nitrogen and oxygen atoms in total. The monoisotopic (exact) mass is 526 g/mol. The van der Waals surface area contributed by atoms with Crippen LogP contribution in [0.3, 0.4) is 0 Å². The third-order valence-corrected chi connectivity index (χ3v) is 6.67. The molecule has 1 aromatic carbocycles. The number of carbonyl (C=O) groups excluding carboxylic acids is 2. The lowest BCUT2D eigenvalue weighted by Gasteiger charge is -2.26. The van der Waals surface area contributed by atoms with Crippen LogP contribution in [0.4, 0.5) is 35.7 Å². The first-order chi connectivity index (χ1) is 15.8. The van der Waals surface area contributed by atoms with Gasteiger partial charge in [0.1, 0.15) is 10.8 Å². The molecule has 2 aromatic rings. The van der Waals surface area contributed by atoms with Crippen molar-refractivity contribution in [2.24, 2.45) is 0 Å². The quantitative estimate of drug-likeness (QED) is 0.447. The first-order valence-electron chi connectivity index (χ1n) is 10.2. The lowest BCUT2D eigenvalue weighted by molar-refractivity contribution is -0.138. The van der Waals surface area contributed by atoms with Crippen LogP contribution in [0.15, 0.2) is 18.2 Å². The second-order valence-electron chi connectivity index (χ2n) is 8.87. The fourth-order valence-electron chi connectivity index (χ4n) is 4.03. The molecule has 1 aliphatic heterocycles. The van der Waals surface area contributed by atoms with Gasteiger partial charge in [-0.15, -0.1) is 11.3 Å². The number of hydrogen-bond donors (Lipinski definition) is 2. The van der Waals surface area contributed by atoms with Crippen molar-refractivity contribution in [1.29, 1.82) is 0 Å². The van der Waals surface area contributed by atoms with Gasteiger partial charge in [-0.2, -0.15) is 26.3 Å². The van der Waals surface area contributed by atoms with Crippen molar-refractivity contribution in [3.8, 4) is 0 Å². The van der Waals surface area contributed by atoms with Gasteiger partial charge in [-0.25, -0.2) is 4.39 Å². The summed E-state index contributed by atoms with van der Waals surface area (Å²) in [7, 11) is 0. The van der Waals surface area contributed by atoms with E-state index in [0.717, 1.165) is 17.4 Å². The van der Waals surface area contributed by atoms with Gasteiger partial charge in [0, 0.05) is 17.0 Å². The number of halogens is 7.